The quantitative estimate of drug-likeness (QED) is 0.851. The Morgan fingerprint density at radius 2 is 1.68 bits per heavy atom. The molecule has 1 fully saturated rings. The van der Waals surface area contributed by atoms with Gasteiger partial charge in [-0.15, -0.1) is 0 Å². The van der Waals surface area contributed by atoms with Gasteiger partial charge in [-0.2, -0.15) is 0 Å². The Hall–Kier alpha value is -0.995. The highest BCUT2D eigenvalue weighted by Crippen LogP contribution is 2.36. The average molecular weight is 262 g/mol. The summed E-state index contributed by atoms with van der Waals surface area (Å²) in [5, 5.41) is 9.83. The lowest BCUT2D eigenvalue weighted by Gasteiger charge is -2.32. The van der Waals surface area contributed by atoms with Gasteiger partial charge in [-0.3, -0.25) is 0 Å². The summed E-state index contributed by atoms with van der Waals surface area (Å²) >= 11 is 0. The fourth-order valence-electron chi connectivity index (χ4n) is 2.20. The number of aromatic hydroxyl groups is 1. The third-order valence-electron chi connectivity index (χ3n) is 4.15. The molecule has 2 rings (SSSR count). The van der Waals surface area contributed by atoms with Gasteiger partial charge < -0.3 is 14.4 Å². The molecule has 1 heterocycles. The van der Waals surface area contributed by atoms with Gasteiger partial charge in [-0.25, -0.2) is 0 Å². The molecule has 0 amide bonds. The first kappa shape index (κ1) is 14.4. The van der Waals surface area contributed by atoms with Crippen LogP contribution in [-0.2, 0) is 15.7 Å². The van der Waals surface area contributed by atoms with Gasteiger partial charge in [-0.05, 0) is 51.2 Å². The number of hydrogen-bond acceptors (Lipinski definition) is 3. The van der Waals surface area contributed by atoms with E-state index in [1.807, 2.05) is 39.8 Å². The zero-order valence-electron chi connectivity index (χ0n) is 12.5. The molecule has 1 aromatic rings. The highest BCUT2D eigenvalue weighted by molar-refractivity contribution is 6.62. The Bertz CT molecular complexity index is 452. The van der Waals surface area contributed by atoms with Crippen molar-refractivity contribution in [2.75, 3.05) is 0 Å². The van der Waals surface area contributed by atoms with Crippen LogP contribution in [0.3, 0.4) is 0 Å². The second-order valence-electron chi connectivity index (χ2n) is 6.23. The van der Waals surface area contributed by atoms with E-state index < -0.39 is 0 Å². The molecule has 19 heavy (non-hydrogen) atoms. The summed E-state index contributed by atoms with van der Waals surface area (Å²) in [6.45, 7) is 10.3. The lowest BCUT2D eigenvalue weighted by atomic mass is 9.78. The maximum Gasteiger partial charge on any atom is 0.494 e. The molecular weight excluding hydrogens is 239 g/mol. The van der Waals surface area contributed by atoms with Crippen molar-refractivity contribution in [3.63, 3.8) is 0 Å². The van der Waals surface area contributed by atoms with Crippen LogP contribution in [0, 0.1) is 0 Å². The van der Waals surface area contributed by atoms with Crippen molar-refractivity contribution < 1.29 is 14.4 Å². The largest absolute Gasteiger partial charge is 0.508 e. The van der Waals surface area contributed by atoms with E-state index in [0.29, 0.717) is 5.75 Å². The topological polar surface area (TPSA) is 38.7 Å². The van der Waals surface area contributed by atoms with Crippen LogP contribution >= 0.6 is 0 Å². The fourth-order valence-corrected chi connectivity index (χ4v) is 2.20. The van der Waals surface area contributed by atoms with Crippen LogP contribution in [0.5, 0.6) is 5.75 Å². The molecule has 1 N–H and O–H groups in total. The number of phenols is 1. The van der Waals surface area contributed by atoms with Crippen molar-refractivity contribution in [3.05, 3.63) is 23.8 Å². The Balaban J connectivity index is 2.27. The maximum absolute atomic E-state index is 9.83. The minimum absolute atomic E-state index is 0.333. The molecular formula is C15H23BO3. The number of phenolic OH excluding ortho intramolecular Hbond substituents is 1. The van der Waals surface area contributed by atoms with Gasteiger partial charge in [0.15, 0.2) is 0 Å². The van der Waals surface area contributed by atoms with E-state index in [2.05, 4.69) is 6.92 Å². The van der Waals surface area contributed by atoms with Crippen LogP contribution in [0.2, 0.25) is 0 Å². The SMILES string of the molecule is CCCc1cc(B2OC(C)(C)C(C)(C)O2)ccc1O. The van der Waals surface area contributed by atoms with Gasteiger partial charge in [0, 0.05) is 0 Å². The second kappa shape index (κ2) is 4.84. The third kappa shape index (κ3) is 2.65. The Morgan fingerprint density at radius 1 is 1.11 bits per heavy atom. The van der Waals surface area contributed by atoms with E-state index in [1.165, 1.54) is 0 Å². The summed E-state index contributed by atoms with van der Waals surface area (Å²) in [7, 11) is -0.360. The molecule has 1 aliphatic rings. The average Bonchev–Trinajstić information content (AvgIpc) is 2.51. The predicted octanol–water partition coefficient (Wildman–Crippen LogP) is 2.64. The molecule has 1 aliphatic heterocycles. The molecule has 3 nitrogen and oxygen atoms in total. The highest BCUT2D eigenvalue weighted by atomic mass is 16.7. The van der Waals surface area contributed by atoms with Crippen molar-refractivity contribution >= 4 is 12.6 Å². The zero-order chi connectivity index (χ0) is 14.3. The molecule has 0 aromatic heterocycles. The van der Waals surface area contributed by atoms with Crippen LogP contribution < -0.4 is 5.46 Å². The second-order valence-corrected chi connectivity index (χ2v) is 6.23. The summed E-state index contributed by atoms with van der Waals surface area (Å²) in [4.78, 5) is 0. The van der Waals surface area contributed by atoms with E-state index >= 15 is 0 Å². The van der Waals surface area contributed by atoms with Gasteiger partial charge in [0.25, 0.3) is 0 Å². The number of benzene rings is 1. The van der Waals surface area contributed by atoms with Crippen molar-refractivity contribution in [2.45, 2.75) is 58.7 Å². The van der Waals surface area contributed by atoms with Crippen LogP contribution in [0.25, 0.3) is 0 Å². The monoisotopic (exact) mass is 262 g/mol. The number of hydrogen-bond donors (Lipinski definition) is 1. The van der Waals surface area contributed by atoms with Crippen molar-refractivity contribution in [2.24, 2.45) is 0 Å². The van der Waals surface area contributed by atoms with Crippen LogP contribution in [0.4, 0.5) is 0 Å². The van der Waals surface area contributed by atoms with Gasteiger partial charge in [0.1, 0.15) is 5.75 Å². The fraction of sp³-hybridized carbons (Fsp3) is 0.600. The minimum atomic E-state index is -0.360. The number of rotatable bonds is 3. The number of aryl methyl sites for hydroxylation is 1. The molecule has 0 aliphatic carbocycles. The van der Waals surface area contributed by atoms with Gasteiger partial charge in [0.2, 0.25) is 0 Å². The minimum Gasteiger partial charge on any atom is -0.508 e. The lowest BCUT2D eigenvalue weighted by Crippen LogP contribution is -2.41. The molecule has 0 saturated carbocycles. The third-order valence-corrected chi connectivity index (χ3v) is 4.15. The lowest BCUT2D eigenvalue weighted by molar-refractivity contribution is 0.00578. The van der Waals surface area contributed by atoms with Crippen molar-refractivity contribution in [3.8, 4) is 5.75 Å². The predicted molar refractivity (Wildman–Crippen MR) is 77.8 cm³/mol. The zero-order valence-corrected chi connectivity index (χ0v) is 12.5. The molecule has 0 radical (unpaired) electrons. The first-order valence-corrected chi connectivity index (χ1v) is 6.94. The van der Waals surface area contributed by atoms with E-state index in [1.54, 1.807) is 6.07 Å². The van der Waals surface area contributed by atoms with Crippen molar-refractivity contribution in [1.29, 1.82) is 0 Å². The first-order valence-electron chi connectivity index (χ1n) is 6.94. The first-order chi connectivity index (χ1) is 8.77. The molecule has 1 saturated heterocycles. The molecule has 1 aromatic carbocycles. The highest BCUT2D eigenvalue weighted by Gasteiger charge is 2.51. The van der Waals surface area contributed by atoms with Crippen LogP contribution in [0.15, 0.2) is 18.2 Å². The smallest absolute Gasteiger partial charge is 0.494 e. The summed E-state index contributed by atoms with van der Waals surface area (Å²) in [6.07, 6.45) is 1.86. The Labute approximate surface area is 116 Å². The molecule has 4 heteroatoms. The summed E-state index contributed by atoms with van der Waals surface area (Å²) in [6, 6.07) is 5.59. The molecule has 0 bridgehead atoms. The van der Waals surface area contributed by atoms with E-state index in [9.17, 15) is 5.11 Å². The van der Waals surface area contributed by atoms with E-state index in [4.69, 9.17) is 9.31 Å². The summed E-state index contributed by atoms with van der Waals surface area (Å²) in [5.74, 6) is 0.349. The molecule has 104 valence electrons. The van der Waals surface area contributed by atoms with Crippen molar-refractivity contribution in [1.82, 2.24) is 0 Å². The maximum atomic E-state index is 9.83. The molecule has 0 atom stereocenters. The Kier molecular flexibility index (Phi) is 3.67. The van der Waals surface area contributed by atoms with Gasteiger partial charge in [-0.1, -0.05) is 25.5 Å². The molecule has 0 spiro atoms. The van der Waals surface area contributed by atoms with Gasteiger partial charge in [0.05, 0.1) is 11.2 Å². The van der Waals surface area contributed by atoms with Crippen LogP contribution in [0.1, 0.15) is 46.6 Å². The van der Waals surface area contributed by atoms with Gasteiger partial charge >= 0.3 is 7.12 Å². The standard InChI is InChI=1S/C15H23BO3/c1-6-7-11-10-12(8-9-13(11)17)16-18-14(2,3)15(4,5)19-16/h8-10,17H,6-7H2,1-5H3. The summed E-state index contributed by atoms with van der Waals surface area (Å²) in [5.41, 5.74) is 1.26. The van der Waals surface area contributed by atoms with Crippen LogP contribution in [-0.4, -0.2) is 23.4 Å². The summed E-state index contributed by atoms with van der Waals surface area (Å²) < 4.78 is 12.0. The molecule has 0 unspecified atom stereocenters. The van der Waals surface area contributed by atoms with E-state index in [-0.39, 0.29) is 18.3 Å². The normalized spacial score (nSPS) is 20.8. The Morgan fingerprint density at radius 3 is 2.21 bits per heavy atom. The van der Waals surface area contributed by atoms with E-state index in [0.717, 1.165) is 23.9 Å².